The van der Waals surface area contributed by atoms with E-state index in [-0.39, 0.29) is 0 Å². The lowest BCUT2D eigenvalue weighted by molar-refractivity contribution is 0.0897. The fourth-order valence-electron chi connectivity index (χ4n) is 3.77. The van der Waals surface area contributed by atoms with Crippen LogP contribution in [0.25, 0.3) is 0 Å². The van der Waals surface area contributed by atoms with Crippen LogP contribution in [-0.2, 0) is 0 Å². The van der Waals surface area contributed by atoms with Crippen molar-refractivity contribution in [1.29, 1.82) is 0 Å². The second kappa shape index (κ2) is 5.73. The van der Waals surface area contributed by atoms with Gasteiger partial charge in [-0.25, -0.2) is 0 Å². The van der Waals surface area contributed by atoms with Crippen molar-refractivity contribution >= 4 is 0 Å². The molecule has 21 heavy (non-hydrogen) atoms. The molecule has 3 unspecified atom stereocenters. The number of hydrogen-bond donors (Lipinski definition) is 1. The minimum atomic E-state index is 0.489. The Hall–Kier alpha value is -0.860. The predicted octanol–water partition coefficient (Wildman–Crippen LogP) is 3.70. The maximum Gasteiger partial charge on any atom is 0.0449 e. The van der Waals surface area contributed by atoms with Gasteiger partial charge in [-0.3, -0.25) is 4.90 Å². The van der Waals surface area contributed by atoms with Crippen molar-refractivity contribution < 1.29 is 0 Å². The standard InChI is InChI=1S/C19H30N2/c1-14(2)18-11-20-17(15-8-6-5-7-9-15)13-21(18)12-16-10-19(16,3)4/h5-9,14,16-18,20H,10-13H2,1-4H3. The SMILES string of the molecule is CC(C)C1CNC(c2ccccc2)CN1CC1CC1(C)C. The molecule has 1 aromatic rings. The van der Waals surface area contributed by atoms with Crippen molar-refractivity contribution in [2.75, 3.05) is 19.6 Å². The number of rotatable bonds is 4. The first-order chi connectivity index (χ1) is 9.97. The number of nitrogens with zero attached hydrogens (tertiary/aromatic N) is 1. The van der Waals surface area contributed by atoms with Crippen LogP contribution in [0.5, 0.6) is 0 Å². The van der Waals surface area contributed by atoms with E-state index >= 15 is 0 Å². The van der Waals surface area contributed by atoms with E-state index < -0.39 is 0 Å². The zero-order valence-electron chi connectivity index (χ0n) is 14.0. The molecule has 0 amide bonds. The topological polar surface area (TPSA) is 15.3 Å². The molecular weight excluding hydrogens is 256 g/mol. The smallest absolute Gasteiger partial charge is 0.0449 e. The molecule has 1 N–H and O–H groups in total. The van der Waals surface area contributed by atoms with Crippen LogP contribution in [0, 0.1) is 17.3 Å². The van der Waals surface area contributed by atoms with Gasteiger partial charge in [-0.05, 0) is 29.2 Å². The molecule has 116 valence electrons. The molecule has 2 heteroatoms. The molecule has 0 bridgehead atoms. The van der Waals surface area contributed by atoms with Crippen molar-refractivity contribution in [2.24, 2.45) is 17.3 Å². The lowest BCUT2D eigenvalue weighted by Crippen LogP contribution is -2.55. The monoisotopic (exact) mass is 286 g/mol. The van der Waals surface area contributed by atoms with Crippen LogP contribution in [0.2, 0.25) is 0 Å². The molecule has 2 nitrogen and oxygen atoms in total. The highest BCUT2D eigenvalue weighted by Gasteiger charge is 2.47. The Morgan fingerprint density at radius 3 is 2.48 bits per heavy atom. The zero-order chi connectivity index (χ0) is 15.0. The normalized spacial score (nSPS) is 32.3. The van der Waals surface area contributed by atoms with Gasteiger partial charge in [0.25, 0.3) is 0 Å². The highest BCUT2D eigenvalue weighted by atomic mass is 15.2. The lowest BCUT2D eigenvalue weighted by atomic mass is 9.95. The van der Waals surface area contributed by atoms with Crippen LogP contribution >= 0.6 is 0 Å². The molecule has 1 aliphatic heterocycles. The van der Waals surface area contributed by atoms with Crippen molar-refractivity contribution in [3.63, 3.8) is 0 Å². The van der Waals surface area contributed by atoms with Crippen molar-refractivity contribution in [3.05, 3.63) is 35.9 Å². The van der Waals surface area contributed by atoms with E-state index in [1.54, 1.807) is 0 Å². The first-order valence-corrected chi connectivity index (χ1v) is 8.50. The summed E-state index contributed by atoms with van der Waals surface area (Å²) in [5, 5.41) is 3.77. The van der Waals surface area contributed by atoms with Crippen LogP contribution in [-0.4, -0.2) is 30.6 Å². The van der Waals surface area contributed by atoms with Gasteiger partial charge in [0.2, 0.25) is 0 Å². The number of benzene rings is 1. The Morgan fingerprint density at radius 2 is 1.90 bits per heavy atom. The third-order valence-electron chi connectivity index (χ3n) is 5.60. The Labute approximate surface area is 129 Å². The summed E-state index contributed by atoms with van der Waals surface area (Å²) in [5.74, 6) is 1.62. The molecule has 1 saturated carbocycles. The Morgan fingerprint density at radius 1 is 1.24 bits per heavy atom. The van der Waals surface area contributed by atoms with Crippen molar-refractivity contribution in [3.8, 4) is 0 Å². The summed E-state index contributed by atoms with van der Waals surface area (Å²) in [5.41, 5.74) is 2.01. The average molecular weight is 286 g/mol. The van der Waals surface area contributed by atoms with Gasteiger partial charge in [0, 0.05) is 31.7 Å². The van der Waals surface area contributed by atoms with E-state index in [9.17, 15) is 0 Å². The van der Waals surface area contributed by atoms with Crippen LogP contribution in [0.4, 0.5) is 0 Å². The number of hydrogen-bond acceptors (Lipinski definition) is 2. The fourth-order valence-corrected chi connectivity index (χ4v) is 3.77. The Bertz CT molecular complexity index is 466. The molecule has 2 aliphatic rings. The molecule has 3 atom stereocenters. The summed E-state index contributed by atoms with van der Waals surface area (Å²) >= 11 is 0. The first kappa shape index (κ1) is 15.1. The van der Waals surface area contributed by atoms with Gasteiger partial charge in [-0.15, -0.1) is 0 Å². The molecule has 2 fully saturated rings. The third-order valence-corrected chi connectivity index (χ3v) is 5.60. The second-order valence-corrected chi connectivity index (χ2v) is 8.03. The quantitative estimate of drug-likeness (QED) is 0.908. The third kappa shape index (κ3) is 3.32. The van der Waals surface area contributed by atoms with Crippen molar-refractivity contribution in [1.82, 2.24) is 10.2 Å². The van der Waals surface area contributed by atoms with Gasteiger partial charge >= 0.3 is 0 Å². The van der Waals surface area contributed by atoms with E-state index in [1.807, 2.05) is 0 Å². The highest BCUT2D eigenvalue weighted by molar-refractivity contribution is 5.20. The van der Waals surface area contributed by atoms with E-state index in [0.717, 1.165) is 24.9 Å². The number of piperazine rings is 1. The van der Waals surface area contributed by atoms with Gasteiger partial charge < -0.3 is 5.32 Å². The molecule has 1 aliphatic carbocycles. The summed E-state index contributed by atoms with van der Waals surface area (Å²) < 4.78 is 0. The minimum Gasteiger partial charge on any atom is -0.307 e. The van der Waals surface area contributed by atoms with Gasteiger partial charge in [-0.2, -0.15) is 0 Å². The van der Waals surface area contributed by atoms with Crippen LogP contribution in [0.15, 0.2) is 30.3 Å². The molecule has 3 rings (SSSR count). The summed E-state index contributed by atoms with van der Waals surface area (Å²) in [6.45, 7) is 13.1. The second-order valence-electron chi connectivity index (χ2n) is 8.03. The predicted molar refractivity (Wildman–Crippen MR) is 89.3 cm³/mol. The Balaban J connectivity index is 1.70. The molecule has 1 saturated heterocycles. The van der Waals surface area contributed by atoms with Gasteiger partial charge in [0.15, 0.2) is 0 Å². The maximum absolute atomic E-state index is 3.77. The Kier molecular flexibility index (Phi) is 4.11. The summed E-state index contributed by atoms with van der Waals surface area (Å²) in [6, 6.07) is 12.1. The molecule has 0 spiro atoms. The summed E-state index contributed by atoms with van der Waals surface area (Å²) in [7, 11) is 0. The van der Waals surface area contributed by atoms with Crippen LogP contribution < -0.4 is 5.32 Å². The van der Waals surface area contributed by atoms with E-state index in [0.29, 0.717) is 17.5 Å². The summed E-state index contributed by atoms with van der Waals surface area (Å²) in [6.07, 6.45) is 1.40. The molecule has 1 heterocycles. The van der Waals surface area contributed by atoms with Crippen LogP contribution in [0.3, 0.4) is 0 Å². The molecule has 1 aromatic carbocycles. The van der Waals surface area contributed by atoms with Gasteiger partial charge in [-0.1, -0.05) is 58.0 Å². The average Bonchev–Trinajstić information content (AvgIpc) is 3.06. The minimum absolute atomic E-state index is 0.489. The highest BCUT2D eigenvalue weighted by Crippen LogP contribution is 2.52. The lowest BCUT2D eigenvalue weighted by Gasteiger charge is -2.43. The van der Waals surface area contributed by atoms with Crippen LogP contribution in [0.1, 0.15) is 45.7 Å². The van der Waals surface area contributed by atoms with Gasteiger partial charge in [0.05, 0.1) is 0 Å². The number of nitrogens with one attached hydrogen (secondary N) is 1. The zero-order valence-corrected chi connectivity index (χ0v) is 14.0. The largest absolute Gasteiger partial charge is 0.307 e. The van der Waals surface area contributed by atoms with E-state index in [4.69, 9.17) is 0 Å². The summed E-state index contributed by atoms with van der Waals surface area (Å²) in [4.78, 5) is 2.76. The fraction of sp³-hybridized carbons (Fsp3) is 0.684. The molecule has 0 aromatic heterocycles. The van der Waals surface area contributed by atoms with Gasteiger partial charge in [0.1, 0.15) is 0 Å². The first-order valence-electron chi connectivity index (χ1n) is 8.50. The van der Waals surface area contributed by atoms with E-state index in [2.05, 4.69) is 68.2 Å². The molecular formula is C19H30N2. The maximum atomic E-state index is 3.77. The van der Waals surface area contributed by atoms with Crippen molar-refractivity contribution in [2.45, 2.75) is 46.2 Å². The van der Waals surface area contributed by atoms with E-state index in [1.165, 1.54) is 18.5 Å². The molecule has 0 radical (unpaired) electrons.